The van der Waals surface area contributed by atoms with Crippen molar-refractivity contribution in [2.24, 2.45) is 11.8 Å². The van der Waals surface area contributed by atoms with Gasteiger partial charge in [-0.05, 0) is 52.1 Å². The van der Waals surface area contributed by atoms with Crippen LogP contribution in [0.2, 0.25) is 0 Å². The standard InChI is InChI=1S/C24H32N4O4/c1-3-31-24(30)18-9-12-28(13-10-18)23(29)20-8-5-11-27(15-20)16-21-25-22(26-32-21)19-7-4-6-17(2)14-19/h4,6-7,14,18,20H,3,5,8-13,15-16H2,1-2H3. The van der Waals surface area contributed by atoms with Crippen LogP contribution in [0.1, 0.15) is 44.1 Å². The monoisotopic (exact) mass is 440 g/mol. The predicted molar refractivity (Wildman–Crippen MR) is 118 cm³/mol. The maximum absolute atomic E-state index is 13.1. The van der Waals surface area contributed by atoms with Crippen molar-refractivity contribution in [1.29, 1.82) is 0 Å². The minimum Gasteiger partial charge on any atom is -0.466 e. The van der Waals surface area contributed by atoms with Crippen molar-refractivity contribution >= 4 is 11.9 Å². The summed E-state index contributed by atoms with van der Waals surface area (Å²) in [5.74, 6) is 1.13. The van der Waals surface area contributed by atoms with E-state index in [2.05, 4.69) is 15.0 Å². The van der Waals surface area contributed by atoms with Gasteiger partial charge >= 0.3 is 5.97 Å². The third kappa shape index (κ3) is 5.35. The molecule has 172 valence electrons. The number of esters is 1. The highest BCUT2D eigenvalue weighted by Gasteiger charge is 2.33. The van der Waals surface area contributed by atoms with Gasteiger partial charge in [0.15, 0.2) is 0 Å². The molecule has 2 saturated heterocycles. The number of ether oxygens (including phenoxy) is 1. The lowest BCUT2D eigenvalue weighted by Gasteiger charge is -2.37. The lowest BCUT2D eigenvalue weighted by atomic mass is 9.93. The van der Waals surface area contributed by atoms with Gasteiger partial charge < -0.3 is 14.2 Å². The van der Waals surface area contributed by atoms with Crippen LogP contribution in [0.25, 0.3) is 11.4 Å². The first-order valence-corrected chi connectivity index (χ1v) is 11.6. The molecule has 0 bridgehead atoms. The molecular formula is C24H32N4O4. The zero-order valence-electron chi connectivity index (χ0n) is 19.0. The molecule has 0 aliphatic carbocycles. The molecule has 2 fully saturated rings. The number of aromatic nitrogens is 2. The number of likely N-dealkylation sites (tertiary alicyclic amines) is 2. The molecule has 1 amide bonds. The molecule has 2 aromatic rings. The number of benzene rings is 1. The van der Waals surface area contributed by atoms with Gasteiger partial charge in [0.25, 0.3) is 0 Å². The first kappa shape index (κ1) is 22.5. The van der Waals surface area contributed by atoms with Gasteiger partial charge in [0.2, 0.25) is 17.6 Å². The highest BCUT2D eigenvalue weighted by molar-refractivity contribution is 5.80. The van der Waals surface area contributed by atoms with E-state index >= 15 is 0 Å². The molecule has 0 spiro atoms. The Morgan fingerprint density at radius 1 is 1.16 bits per heavy atom. The Kier molecular flexibility index (Phi) is 7.19. The van der Waals surface area contributed by atoms with E-state index in [1.54, 1.807) is 0 Å². The summed E-state index contributed by atoms with van der Waals surface area (Å²) >= 11 is 0. The van der Waals surface area contributed by atoms with E-state index in [1.807, 2.05) is 43.0 Å². The summed E-state index contributed by atoms with van der Waals surface area (Å²) in [5.41, 5.74) is 2.09. The van der Waals surface area contributed by atoms with Crippen LogP contribution in [0.15, 0.2) is 28.8 Å². The van der Waals surface area contributed by atoms with Crippen LogP contribution < -0.4 is 0 Å². The van der Waals surface area contributed by atoms with Crippen molar-refractivity contribution in [3.05, 3.63) is 35.7 Å². The molecule has 3 heterocycles. The summed E-state index contributed by atoms with van der Waals surface area (Å²) in [6.45, 7) is 7.67. The summed E-state index contributed by atoms with van der Waals surface area (Å²) < 4.78 is 10.6. The van der Waals surface area contributed by atoms with Crippen molar-refractivity contribution in [2.45, 2.75) is 46.1 Å². The molecule has 1 aromatic carbocycles. The Morgan fingerprint density at radius 2 is 1.97 bits per heavy atom. The number of hydrogen-bond donors (Lipinski definition) is 0. The van der Waals surface area contributed by atoms with E-state index in [-0.39, 0.29) is 23.7 Å². The quantitative estimate of drug-likeness (QED) is 0.638. The average molecular weight is 441 g/mol. The van der Waals surface area contributed by atoms with Crippen molar-refractivity contribution in [1.82, 2.24) is 19.9 Å². The second-order valence-electron chi connectivity index (χ2n) is 8.81. The number of amides is 1. The molecule has 0 radical (unpaired) electrons. The number of carbonyl (C=O) groups excluding carboxylic acids is 2. The molecule has 4 rings (SSSR count). The highest BCUT2D eigenvalue weighted by atomic mass is 16.5. The first-order valence-electron chi connectivity index (χ1n) is 11.6. The number of rotatable bonds is 6. The van der Waals surface area contributed by atoms with Gasteiger partial charge in [0.1, 0.15) is 0 Å². The van der Waals surface area contributed by atoms with Crippen LogP contribution in [-0.2, 0) is 20.9 Å². The molecule has 0 saturated carbocycles. The highest BCUT2D eigenvalue weighted by Crippen LogP contribution is 2.25. The van der Waals surface area contributed by atoms with Crippen LogP contribution in [-0.4, -0.2) is 64.6 Å². The fourth-order valence-electron chi connectivity index (χ4n) is 4.67. The van der Waals surface area contributed by atoms with E-state index in [0.717, 1.165) is 30.5 Å². The predicted octanol–water partition coefficient (Wildman–Crippen LogP) is 3.06. The normalized spacial score (nSPS) is 20.3. The fraction of sp³-hybridized carbons (Fsp3) is 0.583. The lowest BCUT2D eigenvalue weighted by Crippen LogP contribution is -2.47. The SMILES string of the molecule is CCOC(=O)C1CCN(C(=O)C2CCCN(Cc3nc(-c4cccc(C)c4)no3)C2)CC1. The fourth-order valence-corrected chi connectivity index (χ4v) is 4.67. The molecule has 0 N–H and O–H groups in total. The molecule has 1 unspecified atom stereocenters. The van der Waals surface area contributed by atoms with Gasteiger partial charge in [-0.1, -0.05) is 28.9 Å². The van der Waals surface area contributed by atoms with Crippen molar-refractivity contribution in [3.8, 4) is 11.4 Å². The van der Waals surface area contributed by atoms with E-state index in [1.165, 1.54) is 0 Å². The van der Waals surface area contributed by atoms with Crippen LogP contribution in [0.3, 0.4) is 0 Å². The minimum absolute atomic E-state index is 0.0259. The maximum atomic E-state index is 13.1. The van der Waals surface area contributed by atoms with Crippen LogP contribution in [0, 0.1) is 18.8 Å². The number of hydrogen-bond acceptors (Lipinski definition) is 7. The molecule has 1 atom stereocenters. The molecule has 2 aliphatic rings. The second kappa shape index (κ2) is 10.3. The van der Waals surface area contributed by atoms with E-state index in [9.17, 15) is 9.59 Å². The molecule has 8 nitrogen and oxygen atoms in total. The topological polar surface area (TPSA) is 88.8 Å². The van der Waals surface area contributed by atoms with Gasteiger partial charge in [0, 0.05) is 25.2 Å². The molecule has 8 heteroatoms. The summed E-state index contributed by atoms with van der Waals surface area (Å²) in [6.07, 6.45) is 3.23. The Morgan fingerprint density at radius 3 is 2.72 bits per heavy atom. The summed E-state index contributed by atoms with van der Waals surface area (Å²) in [5, 5.41) is 4.13. The molecular weight excluding hydrogens is 408 g/mol. The minimum atomic E-state index is -0.131. The van der Waals surface area contributed by atoms with Gasteiger partial charge in [-0.25, -0.2) is 0 Å². The van der Waals surface area contributed by atoms with Crippen molar-refractivity contribution in [3.63, 3.8) is 0 Å². The third-order valence-corrected chi connectivity index (χ3v) is 6.38. The smallest absolute Gasteiger partial charge is 0.309 e. The first-order chi connectivity index (χ1) is 15.5. The number of piperidine rings is 2. The van der Waals surface area contributed by atoms with Gasteiger partial charge in [-0.3, -0.25) is 14.5 Å². The average Bonchev–Trinajstić information content (AvgIpc) is 3.27. The maximum Gasteiger partial charge on any atom is 0.309 e. The van der Waals surface area contributed by atoms with Gasteiger partial charge in [0.05, 0.1) is 25.0 Å². The Labute approximate surface area is 188 Å². The van der Waals surface area contributed by atoms with Crippen molar-refractivity contribution in [2.75, 3.05) is 32.8 Å². The Hall–Kier alpha value is -2.74. The van der Waals surface area contributed by atoms with Crippen LogP contribution in [0.4, 0.5) is 0 Å². The number of nitrogens with zero attached hydrogens (tertiary/aromatic N) is 4. The Balaban J connectivity index is 1.30. The number of carbonyl (C=O) groups is 2. The third-order valence-electron chi connectivity index (χ3n) is 6.38. The largest absolute Gasteiger partial charge is 0.466 e. The number of aryl methyl sites for hydroxylation is 1. The Bertz CT molecular complexity index is 936. The zero-order chi connectivity index (χ0) is 22.5. The summed E-state index contributed by atoms with van der Waals surface area (Å²) in [4.78, 5) is 33.8. The van der Waals surface area contributed by atoms with Crippen molar-refractivity contribution < 1.29 is 18.8 Å². The van der Waals surface area contributed by atoms with Crippen LogP contribution in [0.5, 0.6) is 0 Å². The molecule has 2 aliphatic heterocycles. The zero-order valence-corrected chi connectivity index (χ0v) is 19.0. The van der Waals surface area contributed by atoms with E-state index in [0.29, 0.717) is 57.3 Å². The van der Waals surface area contributed by atoms with Crippen LogP contribution >= 0.6 is 0 Å². The molecule has 1 aromatic heterocycles. The second-order valence-corrected chi connectivity index (χ2v) is 8.81. The van der Waals surface area contributed by atoms with Gasteiger partial charge in [-0.15, -0.1) is 0 Å². The summed E-state index contributed by atoms with van der Waals surface area (Å²) in [6, 6.07) is 8.03. The lowest BCUT2D eigenvalue weighted by molar-refractivity contribution is -0.152. The van der Waals surface area contributed by atoms with Gasteiger partial charge in [-0.2, -0.15) is 4.98 Å². The van der Waals surface area contributed by atoms with E-state index < -0.39 is 0 Å². The van der Waals surface area contributed by atoms with E-state index in [4.69, 9.17) is 9.26 Å². The summed E-state index contributed by atoms with van der Waals surface area (Å²) in [7, 11) is 0. The molecule has 32 heavy (non-hydrogen) atoms.